The average molecular weight is 394 g/mol. The van der Waals surface area contributed by atoms with Crippen LogP contribution >= 0.6 is 11.6 Å². The van der Waals surface area contributed by atoms with Crippen molar-refractivity contribution in [2.45, 2.75) is 24.8 Å². The van der Waals surface area contributed by atoms with E-state index in [-0.39, 0.29) is 17.5 Å². The van der Waals surface area contributed by atoms with Crippen LogP contribution in [0.5, 0.6) is 0 Å². The predicted octanol–water partition coefficient (Wildman–Crippen LogP) is 2.91. The first-order chi connectivity index (χ1) is 12.4. The van der Waals surface area contributed by atoms with E-state index in [0.29, 0.717) is 24.5 Å². The van der Waals surface area contributed by atoms with Gasteiger partial charge >= 0.3 is 6.03 Å². The molecule has 0 fully saturated rings. The minimum Gasteiger partial charge on any atom is -0.338 e. The van der Waals surface area contributed by atoms with Crippen molar-refractivity contribution in [3.8, 4) is 0 Å². The van der Waals surface area contributed by atoms with Crippen molar-refractivity contribution in [2.24, 2.45) is 0 Å². The normalized spacial score (nSPS) is 13.5. The van der Waals surface area contributed by atoms with Crippen molar-refractivity contribution in [3.05, 3.63) is 58.6 Å². The van der Waals surface area contributed by atoms with Gasteiger partial charge in [0.1, 0.15) is 0 Å². The Hall–Kier alpha value is -2.09. The number of rotatable bonds is 5. The Morgan fingerprint density at radius 1 is 1.19 bits per heavy atom. The summed E-state index contributed by atoms with van der Waals surface area (Å²) in [5.41, 5.74) is 2.43. The largest absolute Gasteiger partial charge is 0.338 e. The van der Waals surface area contributed by atoms with Crippen LogP contribution in [0.1, 0.15) is 18.1 Å². The van der Waals surface area contributed by atoms with Crippen LogP contribution in [0.3, 0.4) is 0 Å². The fourth-order valence-electron chi connectivity index (χ4n) is 2.87. The highest BCUT2D eigenvalue weighted by Crippen LogP contribution is 2.30. The molecule has 0 bridgehead atoms. The molecule has 6 nitrogen and oxygen atoms in total. The lowest BCUT2D eigenvalue weighted by Gasteiger charge is -2.17. The standard InChI is InChI=1S/C18H20ClN3O3S/c1-2-20-18(23)22-10-9-14-11-16(7-8-17(14)22)26(24,25)21-12-13-3-5-15(19)6-4-13/h3-8,11,21H,2,9-10,12H2,1H3,(H,20,23). The van der Waals surface area contributed by atoms with Gasteiger partial charge in [0.05, 0.1) is 4.90 Å². The Morgan fingerprint density at radius 2 is 1.92 bits per heavy atom. The summed E-state index contributed by atoms with van der Waals surface area (Å²) in [6.45, 7) is 3.13. The zero-order valence-corrected chi connectivity index (χ0v) is 15.9. The van der Waals surface area contributed by atoms with E-state index in [0.717, 1.165) is 16.8 Å². The van der Waals surface area contributed by atoms with Crippen LogP contribution in [-0.4, -0.2) is 27.5 Å². The van der Waals surface area contributed by atoms with Crippen LogP contribution in [0, 0.1) is 0 Å². The molecule has 0 radical (unpaired) electrons. The van der Waals surface area contributed by atoms with Gasteiger partial charge in [-0.25, -0.2) is 17.9 Å². The highest BCUT2D eigenvalue weighted by Gasteiger charge is 2.26. The molecule has 0 spiro atoms. The first-order valence-corrected chi connectivity index (χ1v) is 10.2. The number of halogens is 1. The van der Waals surface area contributed by atoms with Crippen LogP contribution in [-0.2, 0) is 23.0 Å². The number of nitrogens with zero attached hydrogens (tertiary/aromatic N) is 1. The number of nitrogens with one attached hydrogen (secondary N) is 2. The average Bonchev–Trinajstić information content (AvgIpc) is 3.05. The molecule has 2 aromatic rings. The zero-order valence-electron chi connectivity index (χ0n) is 14.3. The zero-order chi connectivity index (χ0) is 18.7. The third-order valence-electron chi connectivity index (χ3n) is 4.21. The highest BCUT2D eigenvalue weighted by atomic mass is 35.5. The maximum atomic E-state index is 12.6. The van der Waals surface area contributed by atoms with Crippen LogP contribution in [0.2, 0.25) is 5.02 Å². The molecule has 1 aliphatic heterocycles. The molecular weight excluding hydrogens is 374 g/mol. The summed E-state index contributed by atoms with van der Waals surface area (Å²) >= 11 is 5.83. The van der Waals surface area contributed by atoms with Crippen LogP contribution in [0.25, 0.3) is 0 Å². The minimum absolute atomic E-state index is 0.164. The van der Waals surface area contributed by atoms with Gasteiger partial charge in [-0.05, 0) is 54.8 Å². The highest BCUT2D eigenvalue weighted by molar-refractivity contribution is 7.89. The second-order valence-corrected chi connectivity index (χ2v) is 8.18. The second-order valence-electron chi connectivity index (χ2n) is 5.98. The summed E-state index contributed by atoms with van der Waals surface area (Å²) in [6, 6.07) is 11.7. The lowest BCUT2D eigenvalue weighted by Crippen LogP contribution is -2.38. The van der Waals surface area contributed by atoms with Gasteiger partial charge in [-0.15, -0.1) is 0 Å². The molecule has 138 valence electrons. The molecule has 3 rings (SSSR count). The first kappa shape index (κ1) is 18.7. The third kappa shape index (κ3) is 4.00. The van der Waals surface area contributed by atoms with E-state index in [9.17, 15) is 13.2 Å². The first-order valence-electron chi connectivity index (χ1n) is 8.33. The quantitative estimate of drug-likeness (QED) is 0.819. The lowest BCUT2D eigenvalue weighted by molar-refractivity contribution is 0.247. The van der Waals surface area contributed by atoms with Gasteiger partial charge in [-0.2, -0.15) is 0 Å². The molecule has 8 heteroatoms. The van der Waals surface area contributed by atoms with Crippen LogP contribution < -0.4 is 14.9 Å². The Morgan fingerprint density at radius 3 is 2.62 bits per heavy atom. The molecule has 0 saturated carbocycles. The molecule has 2 aromatic carbocycles. The Kier molecular flexibility index (Phi) is 5.50. The minimum atomic E-state index is -3.64. The van der Waals surface area contributed by atoms with Crippen molar-refractivity contribution in [1.82, 2.24) is 10.0 Å². The Labute approximate surface area is 158 Å². The van der Waals surface area contributed by atoms with Crippen molar-refractivity contribution in [1.29, 1.82) is 0 Å². The van der Waals surface area contributed by atoms with Gasteiger partial charge in [-0.3, -0.25) is 4.90 Å². The van der Waals surface area contributed by atoms with E-state index >= 15 is 0 Å². The number of carbonyl (C=O) groups excluding carboxylic acids is 1. The lowest BCUT2D eigenvalue weighted by atomic mass is 10.2. The van der Waals surface area contributed by atoms with Crippen molar-refractivity contribution < 1.29 is 13.2 Å². The summed E-state index contributed by atoms with van der Waals surface area (Å²) in [5.74, 6) is 0. The molecular formula is C18H20ClN3O3S. The van der Waals surface area contributed by atoms with E-state index in [1.54, 1.807) is 41.3 Å². The topological polar surface area (TPSA) is 78.5 Å². The number of urea groups is 1. The Balaban J connectivity index is 1.75. The summed E-state index contributed by atoms with van der Waals surface area (Å²) < 4.78 is 27.7. The number of sulfonamides is 1. The van der Waals surface area contributed by atoms with Gasteiger partial charge in [0.25, 0.3) is 0 Å². The maximum Gasteiger partial charge on any atom is 0.321 e. The van der Waals surface area contributed by atoms with Crippen molar-refractivity contribution >= 4 is 33.3 Å². The number of anilines is 1. The molecule has 0 unspecified atom stereocenters. The number of fused-ring (bicyclic) bond motifs is 1. The fourth-order valence-corrected chi connectivity index (χ4v) is 4.06. The molecule has 1 aliphatic rings. The van der Waals surface area contributed by atoms with Crippen molar-refractivity contribution in [2.75, 3.05) is 18.0 Å². The molecule has 2 amide bonds. The summed E-state index contributed by atoms with van der Waals surface area (Å²) in [7, 11) is -3.64. The van der Waals surface area contributed by atoms with E-state index in [1.807, 2.05) is 6.92 Å². The molecule has 2 N–H and O–H groups in total. The summed E-state index contributed by atoms with van der Waals surface area (Å²) in [4.78, 5) is 13.9. The fraction of sp³-hybridized carbons (Fsp3) is 0.278. The SMILES string of the molecule is CCNC(=O)N1CCc2cc(S(=O)(=O)NCc3ccc(Cl)cc3)ccc21. The summed E-state index contributed by atoms with van der Waals surface area (Å²) in [6.07, 6.45) is 0.632. The molecule has 0 aromatic heterocycles. The van der Waals surface area contributed by atoms with E-state index in [2.05, 4.69) is 10.0 Å². The number of hydrogen-bond donors (Lipinski definition) is 2. The van der Waals surface area contributed by atoms with E-state index in [4.69, 9.17) is 11.6 Å². The molecule has 0 saturated heterocycles. The van der Waals surface area contributed by atoms with E-state index < -0.39 is 10.0 Å². The second kappa shape index (κ2) is 7.65. The predicted molar refractivity (Wildman–Crippen MR) is 102 cm³/mol. The van der Waals surface area contributed by atoms with Crippen LogP contribution in [0.4, 0.5) is 10.5 Å². The molecule has 0 aliphatic carbocycles. The number of hydrogen-bond acceptors (Lipinski definition) is 3. The van der Waals surface area contributed by atoms with Gasteiger partial charge < -0.3 is 5.32 Å². The van der Waals surface area contributed by atoms with Gasteiger partial charge in [0.2, 0.25) is 10.0 Å². The number of amides is 2. The Bertz CT molecular complexity index is 914. The molecule has 26 heavy (non-hydrogen) atoms. The number of carbonyl (C=O) groups is 1. The van der Waals surface area contributed by atoms with Crippen LogP contribution in [0.15, 0.2) is 47.4 Å². The van der Waals surface area contributed by atoms with Gasteiger partial charge in [0, 0.05) is 30.3 Å². The summed E-state index contributed by atoms with van der Waals surface area (Å²) in [5, 5.41) is 3.37. The van der Waals surface area contributed by atoms with Gasteiger partial charge in [-0.1, -0.05) is 23.7 Å². The van der Waals surface area contributed by atoms with Gasteiger partial charge in [0.15, 0.2) is 0 Å². The third-order valence-corrected chi connectivity index (χ3v) is 5.86. The number of benzene rings is 2. The van der Waals surface area contributed by atoms with Crippen molar-refractivity contribution in [3.63, 3.8) is 0 Å². The smallest absolute Gasteiger partial charge is 0.321 e. The molecule has 1 heterocycles. The molecule has 0 atom stereocenters. The monoisotopic (exact) mass is 393 g/mol. The van der Waals surface area contributed by atoms with E-state index in [1.165, 1.54) is 6.07 Å². The maximum absolute atomic E-state index is 12.6.